The predicted molar refractivity (Wildman–Crippen MR) is 129 cm³/mol. The number of benzene rings is 1. The molecule has 1 atom stereocenters. The second kappa shape index (κ2) is 12.8. The monoisotopic (exact) mass is 396 g/mol. The molecule has 1 fully saturated rings. The molecule has 0 saturated heterocycles. The Bertz CT molecular complexity index is 563. The maximum Gasteiger partial charge on any atom is -0.0162 e. The van der Waals surface area contributed by atoms with E-state index in [-0.39, 0.29) is 0 Å². The van der Waals surface area contributed by atoms with Gasteiger partial charge in [-0.2, -0.15) is 0 Å². The first kappa shape index (κ1) is 22.9. The first-order valence-corrected chi connectivity index (χ1v) is 13.4. The Morgan fingerprint density at radius 2 is 1.31 bits per heavy atom. The van der Waals surface area contributed by atoms with Crippen molar-refractivity contribution < 1.29 is 0 Å². The molecule has 2 aliphatic rings. The summed E-state index contributed by atoms with van der Waals surface area (Å²) in [5, 5.41) is 0. The third-order valence-electron chi connectivity index (χ3n) is 8.06. The van der Waals surface area contributed by atoms with E-state index in [0.717, 1.165) is 17.8 Å². The molecular weight excluding hydrogens is 348 g/mol. The fraction of sp³-hybridized carbons (Fsp3) is 0.793. The second-order valence-corrected chi connectivity index (χ2v) is 10.4. The summed E-state index contributed by atoms with van der Waals surface area (Å²) in [7, 11) is 0. The highest BCUT2D eigenvalue weighted by Crippen LogP contribution is 2.39. The number of aryl methyl sites for hydroxylation is 1. The van der Waals surface area contributed by atoms with E-state index in [4.69, 9.17) is 0 Å². The van der Waals surface area contributed by atoms with Crippen LogP contribution >= 0.6 is 0 Å². The molecule has 0 spiro atoms. The first-order valence-electron chi connectivity index (χ1n) is 13.4. The Labute approximate surface area is 182 Å². The summed E-state index contributed by atoms with van der Waals surface area (Å²) in [6.07, 6.45) is 25.8. The maximum absolute atomic E-state index is 2.62. The Morgan fingerprint density at radius 1 is 0.655 bits per heavy atom. The molecule has 2 aliphatic carbocycles. The van der Waals surface area contributed by atoms with Crippen LogP contribution in [0.25, 0.3) is 0 Å². The van der Waals surface area contributed by atoms with Gasteiger partial charge in [0.05, 0.1) is 0 Å². The van der Waals surface area contributed by atoms with Crippen LogP contribution in [0.1, 0.15) is 139 Å². The molecule has 1 aromatic carbocycles. The van der Waals surface area contributed by atoms with E-state index in [1.807, 2.05) is 0 Å². The highest BCUT2D eigenvalue weighted by atomic mass is 14.3. The molecular formula is C29H48. The Morgan fingerprint density at radius 3 is 2.10 bits per heavy atom. The van der Waals surface area contributed by atoms with Gasteiger partial charge < -0.3 is 0 Å². The zero-order valence-corrected chi connectivity index (χ0v) is 19.7. The van der Waals surface area contributed by atoms with Gasteiger partial charge in [-0.3, -0.25) is 0 Å². The predicted octanol–water partition coefficient (Wildman–Crippen LogP) is 9.40. The lowest BCUT2D eigenvalue weighted by Crippen LogP contribution is -2.16. The summed E-state index contributed by atoms with van der Waals surface area (Å²) in [5.41, 5.74) is 5.06. The first-order chi connectivity index (χ1) is 14.3. The zero-order valence-electron chi connectivity index (χ0n) is 19.7. The van der Waals surface area contributed by atoms with Crippen LogP contribution in [0.15, 0.2) is 18.2 Å². The molecule has 0 radical (unpaired) electrons. The van der Waals surface area contributed by atoms with Gasteiger partial charge in [0.15, 0.2) is 0 Å². The van der Waals surface area contributed by atoms with E-state index in [1.54, 1.807) is 16.7 Å². The lowest BCUT2D eigenvalue weighted by Gasteiger charge is -2.30. The van der Waals surface area contributed by atoms with Gasteiger partial charge in [0.2, 0.25) is 0 Å². The van der Waals surface area contributed by atoms with Gasteiger partial charge in [-0.25, -0.2) is 0 Å². The summed E-state index contributed by atoms with van der Waals surface area (Å²) < 4.78 is 0. The van der Waals surface area contributed by atoms with Crippen molar-refractivity contribution in [2.24, 2.45) is 11.8 Å². The largest absolute Gasteiger partial charge is 0.0654 e. The number of hydrogen-bond donors (Lipinski definition) is 0. The molecule has 164 valence electrons. The molecule has 0 aliphatic heterocycles. The van der Waals surface area contributed by atoms with Crippen LogP contribution in [-0.2, 0) is 12.8 Å². The molecule has 1 saturated carbocycles. The summed E-state index contributed by atoms with van der Waals surface area (Å²) in [5.74, 6) is 2.83. The summed E-state index contributed by atoms with van der Waals surface area (Å²) in [6.45, 7) is 4.63. The average molecular weight is 397 g/mol. The SMILES string of the molecule is CCCCCCCCC1CCc2cc([C@H]3CC[C@H](CCCCC)CC3)ccc2C1. The van der Waals surface area contributed by atoms with Crippen LogP contribution in [0.5, 0.6) is 0 Å². The highest BCUT2D eigenvalue weighted by molar-refractivity contribution is 5.36. The average Bonchev–Trinajstić information content (AvgIpc) is 2.76. The van der Waals surface area contributed by atoms with E-state index in [0.29, 0.717) is 0 Å². The lowest BCUT2D eigenvalue weighted by molar-refractivity contribution is 0.302. The van der Waals surface area contributed by atoms with Crippen LogP contribution in [-0.4, -0.2) is 0 Å². The minimum Gasteiger partial charge on any atom is -0.0654 e. The van der Waals surface area contributed by atoms with Gasteiger partial charge in [-0.1, -0.05) is 103 Å². The lowest BCUT2D eigenvalue weighted by atomic mass is 9.75. The van der Waals surface area contributed by atoms with Crippen molar-refractivity contribution in [1.82, 2.24) is 0 Å². The number of fused-ring (bicyclic) bond motifs is 1. The zero-order chi connectivity index (χ0) is 20.3. The van der Waals surface area contributed by atoms with Crippen LogP contribution in [0, 0.1) is 11.8 Å². The van der Waals surface area contributed by atoms with Crippen molar-refractivity contribution in [2.75, 3.05) is 0 Å². The number of unbranched alkanes of at least 4 members (excludes halogenated alkanes) is 7. The van der Waals surface area contributed by atoms with Gasteiger partial charge in [0, 0.05) is 0 Å². The van der Waals surface area contributed by atoms with Crippen molar-refractivity contribution in [1.29, 1.82) is 0 Å². The molecule has 1 aromatic rings. The van der Waals surface area contributed by atoms with Gasteiger partial charge in [0.1, 0.15) is 0 Å². The van der Waals surface area contributed by atoms with E-state index < -0.39 is 0 Å². The van der Waals surface area contributed by atoms with E-state index in [1.165, 1.54) is 116 Å². The second-order valence-electron chi connectivity index (χ2n) is 10.4. The summed E-state index contributed by atoms with van der Waals surface area (Å²) in [6, 6.07) is 7.65. The molecule has 0 heteroatoms. The van der Waals surface area contributed by atoms with E-state index in [9.17, 15) is 0 Å². The van der Waals surface area contributed by atoms with E-state index >= 15 is 0 Å². The normalized spacial score (nSPS) is 24.4. The van der Waals surface area contributed by atoms with Gasteiger partial charge in [-0.15, -0.1) is 0 Å². The minimum absolute atomic E-state index is 0.851. The van der Waals surface area contributed by atoms with Crippen molar-refractivity contribution in [3.05, 3.63) is 34.9 Å². The summed E-state index contributed by atoms with van der Waals surface area (Å²) in [4.78, 5) is 0. The standard InChI is InChI=1S/C29H48/c1-3-5-7-8-9-11-13-25-16-19-29-23-28(21-20-27(29)22-25)26-17-14-24(15-18-26)12-10-6-4-2/h20-21,23-26H,3-19,22H2,1-2H3/t24-,25?,26-. The highest BCUT2D eigenvalue weighted by Gasteiger charge is 2.24. The molecule has 0 N–H and O–H groups in total. The molecule has 1 unspecified atom stereocenters. The van der Waals surface area contributed by atoms with Crippen molar-refractivity contribution in [2.45, 2.75) is 135 Å². The van der Waals surface area contributed by atoms with Crippen molar-refractivity contribution >= 4 is 0 Å². The molecule has 3 rings (SSSR count). The fourth-order valence-corrected chi connectivity index (χ4v) is 6.03. The third kappa shape index (κ3) is 7.45. The minimum atomic E-state index is 0.851. The Kier molecular flexibility index (Phi) is 10.1. The van der Waals surface area contributed by atoms with Gasteiger partial charge >= 0.3 is 0 Å². The van der Waals surface area contributed by atoms with Crippen LogP contribution in [0.2, 0.25) is 0 Å². The number of hydrogen-bond acceptors (Lipinski definition) is 0. The van der Waals surface area contributed by atoms with Crippen LogP contribution < -0.4 is 0 Å². The maximum atomic E-state index is 2.62. The quantitative estimate of drug-likeness (QED) is 0.309. The molecule has 0 amide bonds. The fourth-order valence-electron chi connectivity index (χ4n) is 6.03. The molecule has 29 heavy (non-hydrogen) atoms. The topological polar surface area (TPSA) is 0 Å². The molecule has 0 bridgehead atoms. The van der Waals surface area contributed by atoms with E-state index in [2.05, 4.69) is 32.0 Å². The Balaban J connectivity index is 1.41. The Hall–Kier alpha value is -0.780. The van der Waals surface area contributed by atoms with Gasteiger partial charge in [-0.05, 0) is 79.4 Å². The number of rotatable bonds is 12. The third-order valence-corrected chi connectivity index (χ3v) is 8.06. The molecule has 0 nitrogen and oxygen atoms in total. The summed E-state index contributed by atoms with van der Waals surface area (Å²) >= 11 is 0. The van der Waals surface area contributed by atoms with Gasteiger partial charge in [0.25, 0.3) is 0 Å². The smallest absolute Gasteiger partial charge is 0.0162 e. The van der Waals surface area contributed by atoms with Crippen LogP contribution in [0.4, 0.5) is 0 Å². The molecule has 0 heterocycles. The van der Waals surface area contributed by atoms with Crippen molar-refractivity contribution in [3.63, 3.8) is 0 Å². The van der Waals surface area contributed by atoms with Crippen molar-refractivity contribution in [3.8, 4) is 0 Å². The van der Waals surface area contributed by atoms with Crippen LogP contribution in [0.3, 0.4) is 0 Å². The molecule has 0 aromatic heterocycles.